The largest absolute Gasteiger partial charge is 1.00 e. The second-order valence-corrected chi connectivity index (χ2v) is 10.2. The van der Waals surface area contributed by atoms with Crippen LogP contribution in [0, 0.1) is 0 Å². The molecule has 0 fully saturated rings. The SMILES string of the molecule is CCCCCCCCCCCCC(CCCCCC(O)CCCC)S(=O)(=O)[O-].[K+]. The summed E-state index contributed by atoms with van der Waals surface area (Å²) in [6.45, 7) is 4.35. The second kappa shape index (κ2) is 22.7. The van der Waals surface area contributed by atoms with Gasteiger partial charge in [-0.2, -0.15) is 0 Å². The molecule has 0 amide bonds. The molecule has 170 valence electrons. The average molecular weight is 459 g/mol. The molecule has 0 aromatic rings. The van der Waals surface area contributed by atoms with Crippen molar-refractivity contribution in [2.45, 2.75) is 147 Å². The van der Waals surface area contributed by atoms with Gasteiger partial charge in [0.15, 0.2) is 0 Å². The summed E-state index contributed by atoms with van der Waals surface area (Å²) in [5.41, 5.74) is 0. The normalized spacial score (nSPS) is 13.8. The molecule has 2 unspecified atom stereocenters. The van der Waals surface area contributed by atoms with Gasteiger partial charge >= 0.3 is 51.4 Å². The summed E-state index contributed by atoms with van der Waals surface area (Å²) in [6, 6.07) is 0. The third kappa shape index (κ3) is 22.5. The molecule has 2 atom stereocenters. The van der Waals surface area contributed by atoms with E-state index in [4.69, 9.17) is 0 Å². The average Bonchev–Trinajstić information content (AvgIpc) is 2.64. The van der Waals surface area contributed by atoms with E-state index in [0.717, 1.165) is 64.2 Å². The standard InChI is InChI=1S/C23H48O4S.K/c1-3-5-7-8-9-10-11-12-13-16-20-23(28(25,26)27)21-17-14-15-19-22(24)18-6-4-2;/h22-24H,3-21H2,1-2H3,(H,25,26,27);/q;+1/p-1. The van der Waals surface area contributed by atoms with Crippen LogP contribution in [0.1, 0.15) is 136 Å². The van der Waals surface area contributed by atoms with Gasteiger partial charge in [0, 0.05) is 5.25 Å². The Morgan fingerprint density at radius 2 is 0.966 bits per heavy atom. The summed E-state index contributed by atoms with van der Waals surface area (Å²) < 4.78 is 34.6. The first-order chi connectivity index (χ1) is 13.4. The molecule has 0 aliphatic carbocycles. The zero-order valence-corrected chi connectivity index (χ0v) is 23.6. The summed E-state index contributed by atoms with van der Waals surface area (Å²) in [4.78, 5) is 0. The van der Waals surface area contributed by atoms with E-state index in [-0.39, 0.29) is 57.5 Å². The zero-order chi connectivity index (χ0) is 21.1. The van der Waals surface area contributed by atoms with Crippen LogP contribution in [0.2, 0.25) is 0 Å². The molecule has 0 bridgehead atoms. The quantitative estimate of drug-likeness (QED) is 0.162. The molecule has 1 N–H and O–H groups in total. The predicted molar refractivity (Wildman–Crippen MR) is 119 cm³/mol. The van der Waals surface area contributed by atoms with Crippen LogP contribution in [-0.4, -0.2) is 29.4 Å². The molecule has 6 heteroatoms. The number of aliphatic hydroxyl groups is 1. The summed E-state index contributed by atoms with van der Waals surface area (Å²) in [6.07, 6.45) is 19.3. The molecule has 0 heterocycles. The Bertz CT molecular complexity index is 429. The van der Waals surface area contributed by atoms with E-state index in [0.29, 0.717) is 12.8 Å². The molecule has 0 radical (unpaired) electrons. The van der Waals surface area contributed by atoms with Crippen molar-refractivity contribution in [2.24, 2.45) is 0 Å². The zero-order valence-electron chi connectivity index (χ0n) is 19.7. The van der Waals surface area contributed by atoms with Gasteiger partial charge in [-0.05, 0) is 25.7 Å². The Balaban J connectivity index is 0. The van der Waals surface area contributed by atoms with Crippen molar-refractivity contribution in [1.82, 2.24) is 0 Å². The van der Waals surface area contributed by atoms with E-state index >= 15 is 0 Å². The van der Waals surface area contributed by atoms with E-state index in [9.17, 15) is 18.1 Å². The summed E-state index contributed by atoms with van der Waals surface area (Å²) >= 11 is 0. The van der Waals surface area contributed by atoms with Crippen molar-refractivity contribution in [3.05, 3.63) is 0 Å². The van der Waals surface area contributed by atoms with Crippen LogP contribution in [0.25, 0.3) is 0 Å². The number of hydrogen-bond acceptors (Lipinski definition) is 4. The number of aliphatic hydroxyl groups excluding tert-OH is 1. The Hall–Kier alpha value is 1.51. The predicted octanol–water partition coefficient (Wildman–Crippen LogP) is 3.72. The fraction of sp³-hybridized carbons (Fsp3) is 1.00. The molecule has 0 spiro atoms. The molecule has 0 aliphatic rings. The minimum absolute atomic E-state index is 0. The first-order valence-electron chi connectivity index (χ1n) is 12.0. The van der Waals surface area contributed by atoms with Crippen LogP contribution in [-0.2, 0) is 10.1 Å². The molecular weight excluding hydrogens is 411 g/mol. The molecule has 0 aliphatic heterocycles. The molecule has 0 saturated heterocycles. The number of hydrogen-bond donors (Lipinski definition) is 1. The van der Waals surface area contributed by atoms with Crippen LogP contribution in [0.4, 0.5) is 0 Å². The second-order valence-electron chi connectivity index (χ2n) is 8.52. The maximum atomic E-state index is 11.5. The third-order valence-corrected chi connectivity index (χ3v) is 7.03. The summed E-state index contributed by atoms with van der Waals surface area (Å²) in [5, 5.41) is 9.11. The minimum atomic E-state index is -4.19. The monoisotopic (exact) mass is 458 g/mol. The minimum Gasteiger partial charge on any atom is -0.748 e. The van der Waals surface area contributed by atoms with Crippen LogP contribution in [0.5, 0.6) is 0 Å². The topological polar surface area (TPSA) is 77.4 Å². The molecule has 29 heavy (non-hydrogen) atoms. The van der Waals surface area contributed by atoms with Gasteiger partial charge < -0.3 is 9.66 Å². The Kier molecular flexibility index (Phi) is 25.6. The van der Waals surface area contributed by atoms with Crippen molar-refractivity contribution in [3.63, 3.8) is 0 Å². The van der Waals surface area contributed by atoms with Gasteiger partial charge in [0.25, 0.3) is 0 Å². The van der Waals surface area contributed by atoms with Crippen LogP contribution in [0.3, 0.4) is 0 Å². The van der Waals surface area contributed by atoms with Gasteiger partial charge in [-0.25, -0.2) is 8.42 Å². The van der Waals surface area contributed by atoms with Gasteiger partial charge in [0.1, 0.15) is 0 Å². The Labute approximate surface area is 224 Å². The fourth-order valence-electron chi connectivity index (χ4n) is 3.81. The number of unbranched alkanes of at least 4 members (excludes halogenated alkanes) is 12. The summed E-state index contributed by atoms with van der Waals surface area (Å²) in [7, 11) is -4.19. The maximum Gasteiger partial charge on any atom is 1.00 e. The molecule has 4 nitrogen and oxygen atoms in total. The van der Waals surface area contributed by atoms with Crippen molar-refractivity contribution >= 4 is 10.1 Å². The van der Waals surface area contributed by atoms with Crippen LogP contribution in [0.15, 0.2) is 0 Å². The van der Waals surface area contributed by atoms with Crippen molar-refractivity contribution in [3.8, 4) is 0 Å². The third-order valence-electron chi connectivity index (χ3n) is 5.74. The molecule has 0 saturated carbocycles. The van der Waals surface area contributed by atoms with Crippen molar-refractivity contribution < 1.29 is 69.5 Å². The van der Waals surface area contributed by atoms with E-state index in [1.165, 1.54) is 44.9 Å². The first kappa shape index (κ1) is 32.7. The molecular formula is C23H47KO4S. The van der Waals surface area contributed by atoms with Gasteiger partial charge in [0.2, 0.25) is 0 Å². The smallest absolute Gasteiger partial charge is 0.748 e. The fourth-order valence-corrected chi connectivity index (χ4v) is 4.72. The van der Waals surface area contributed by atoms with E-state index < -0.39 is 15.4 Å². The first-order valence-corrected chi connectivity index (χ1v) is 13.5. The van der Waals surface area contributed by atoms with Gasteiger partial charge in [0.05, 0.1) is 16.2 Å². The van der Waals surface area contributed by atoms with Gasteiger partial charge in [-0.3, -0.25) is 0 Å². The van der Waals surface area contributed by atoms with E-state index in [1.54, 1.807) is 0 Å². The van der Waals surface area contributed by atoms with Crippen molar-refractivity contribution in [2.75, 3.05) is 0 Å². The maximum absolute atomic E-state index is 11.5. The molecule has 0 aromatic carbocycles. The van der Waals surface area contributed by atoms with Crippen LogP contribution < -0.4 is 51.4 Å². The van der Waals surface area contributed by atoms with Crippen LogP contribution >= 0.6 is 0 Å². The van der Waals surface area contributed by atoms with E-state index in [1.807, 2.05) is 0 Å². The molecule has 0 rings (SSSR count). The van der Waals surface area contributed by atoms with Gasteiger partial charge in [-0.15, -0.1) is 0 Å². The number of rotatable bonds is 21. The Morgan fingerprint density at radius 1 is 0.621 bits per heavy atom. The Morgan fingerprint density at radius 3 is 1.41 bits per heavy atom. The van der Waals surface area contributed by atoms with Crippen molar-refractivity contribution in [1.29, 1.82) is 0 Å². The summed E-state index contributed by atoms with van der Waals surface area (Å²) in [5.74, 6) is 0. The van der Waals surface area contributed by atoms with E-state index in [2.05, 4.69) is 13.8 Å². The molecule has 0 aromatic heterocycles. The van der Waals surface area contributed by atoms with Gasteiger partial charge in [-0.1, -0.05) is 110 Å².